The van der Waals surface area contributed by atoms with Gasteiger partial charge in [-0.1, -0.05) is 12.1 Å². The van der Waals surface area contributed by atoms with Crippen LogP contribution >= 0.6 is 0 Å². The summed E-state index contributed by atoms with van der Waals surface area (Å²) in [6.45, 7) is 2.03. The van der Waals surface area contributed by atoms with E-state index in [0.29, 0.717) is 11.2 Å². The predicted octanol–water partition coefficient (Wildman–Crippen LogP) is 3.79. The first-order valence-electron chi connectivity index (χ1n) is 7.45. The van der Waals surface area contributed by atoms with E-state index in [1.165, 1.54) is 44.1 Å². The number of hydrogen-bond acceptors (Lipinski definition) is 1. The lowest BCUT2D eigenvalue weighted by Crippen LogP contribution is -2.48. The summed E-state index contributed by atoms with van der Waals surface area (Å²) in [5.74, 6) is 3.42. The largest absolute Gasteiger partial charge is 0.508 e. The quantitative estimate of drug-likeness (QED) is 0.755. The minimum atomic E-state index is 0. The fourth-order valence-corrected chi connectivity index (χ4v) is 5.45. The summed E-state index contributed by atoms with van der Waals surface area (Å²) in [7, 11) is 0. The van der Waals surface area contributed by atoms with Gasteiger partial charge >= 0.3 is 0 Å². The molecule has 4 bridgehead atoms. The number of hydrogen-bond donors (Lipinski definition) is 1. The van der Waals surface area contributed by atoms with Gasteiger partial charge in [0.1, 0.15) is 5.75 Å². The van der Waals surface area contributed by atoms with Crippen LogP contribution in [0.4, 0.5) is 0 Å². The van der Waals surface area contributed by atoms with Crippen LogP contribution in [0.1, 0.15) is 49.7 Å². The minimum absolute atomic E-state index is 0. The standard InChI is InChI=1S/C17H22O.B/c1-11-4-15(2-3-16(11)18)17-8-12-5-13(9-17)7-14(6-12)10-17;/h2-4,12-14,18H,5-10H2,1H3;. The molecular formula is C17H22BO. The molecule has 0 aliphatic heterocycles. The van der Waals surface area contributed by atoms with E-state index < -0.39 is 0 Å². The predicted molar refractivity (Wildman–Crippen MR) is 78.4 cm³/mol. The van der Waals surface area contributed by atoms with Gasteiger partial charge < -0.3 is 5.11 Å². The molecule has 4 aliphatic carbocycles. The zero-order valence-electron chi connectivity index (χ0n) is 11.7. The summed E-state index contributed by atoms with van der Waals surface area (Å²) >= 11 is 0. The first-order chi connectivity index (χ1) is 8.64. The Morgan fingerprint density at radius 1 is 1.00 bits per heavy atom. The molecule has 2 heteroatoms. The summed E-state index contributed by atoms with van der Waals surface area (Å²) in [5, 5.41) is 9.73. The van der Waals surface area contributed by atoms with Gasteiger partial charge in [0.25, 0.3) is 0 Å². The molecular weight excluding hydrogens is 231 g/mol. The third kappa shape index (κ3) is 1.91. The fourth-order valence-electron chi connectivity index (χ4n) is 5.45. The van der Waals surface area contributed by atoms with Crippen molar-refractivity contribution in [2.45, 2.75) is 50.9 Å². The van der Waals surface area contributed by atoms with Gasteiger partial charge in [-0.2, -0.15) is 0 Å². The Bertz CT molecular complexity index is 459. The van der Waals surface area contributed by atoms with E-state index in [2.05, 4.69) is 12.1 Å². The van der Waals surface area contributed by atoms with Crippen molar-refractivity contribution < 1.29 is 5.11 Å². The summed E-state index contributed by atoms with van der Waals surface area (Å²) in [6.07, 6.45) is 8.71. The Hall–Kier alpha value is -0.915. The van der Waals surface area contributed by atoms with Crippen LogP contribution < -0.4 is 0 Å². The molecule has 1 aromatic carbocycles. The Kier molecular flexibility index (Phi) is 2.96. The van der Waals surface area contributed by atoms with E-state index in [-0.39, 0.29) is 8.41 Å². The van der Waals surface area contributed by atoms with Gasteiger partial charge in [-0.15, -0.1) is 0 Å². The fraction of sp³-hybridized carbons (Fsp3) is 0.647. The second kappa shape index (κ2) is 4.29. The summed E-state index contributed by atoms with van der Waals surface area (Å²) in [6, 6.07) is 6.35. The summed E-state index contributed by atoms with van der Waals surface area (Å²) in [4.78, 5) is 0. The zero-order valence-corrected chi connectivity index (χ0v) is 11.7. The van der Waals surface area contributed by atoms with Gasteiger partial charge in [0.15, 0.2) is 0 Å². The average Bonchev–Trinajstić information content (AvgIpc) is 2.31. The van der Waals surface area contributed by atoms with Gasteiger partial charge in [-0.25, -0.2) is 0 Å². The van der Waals surface area contributed by atoms with Gasteiger partial charge in [0.05, 0.1) is 0 Å². The first-order valence-corrected chi connectivity index (χ1v) is 7.45. The molecule has 4 aliphatic rings. The summed E-state index contributed by atoms with van der Waals surface area (Å²) < 4.78 is 0. The number of benzene rings is 1. The minimum Gasteiger partial charge on any atom is -0.508 e. The highest BCUT2D eigenvalue weighted by molar-refractivity contribution is 5.75. The highest BCUT2D eigenvalue weighted by Crippen LogP contribution is 2.60. The second-order valence-corrected chi connectivity index (χ2v) is 7.20. The lowest BCUT2D eigenvalue weighted by Gasteiger charge is -2.57. The number of phenolic OH excluding ortho intramolecular Hbond substituents is 1. The van der Waals surface area contributed by atoms with Crippen molar-refractivity contribution in [3.63, 3.8) is 0 Å². The Morgan fingerprint density at radius 3 is 2.00 bits per heavy atom. The molecule has 3 radical (unpaired) electrons. The van der Waals surface area contributed by atoms with Crippen molar-refractivity contribution in [2.75, 3.05) is 0 Å². The Balaban J connectivity index is 0.00000110. The van der Waals surface area contributed by atoms with E-state index in [0.717, 1.165) is 23.3 Å². The molecule has 5 rings (SSSR count). The maximum atomic E-state index is 9.73. The molecule has 0 heterocycles. The highest BCUT2D eigenvalue weighted by Gasteiger charge is 2.51. The molecule has 0 amide bonds. The third-order valence-corrected chi connectivity index (χ3v) is 5.85. The van der Waals surface area contributed by atoms with Crippen molar-refractivity contribution in [2.24, 2.45) is 17.8 Å². The Morgan fingerprint density at radius 2 is 1.53 bits per heavy atom. The van der Waals surface area contributed by atoms with Gasteiger partial charge in [0, 0.05) is 8.41 Å². The number of aryl methyl sites for hydroxylation is 1. The lowest BCUT2D eigenvalue weighted by atomic mass is 9.48. The van der Waals surface area contributed by atoms with E-state index in [1.807, 2.05) is 13.0 Å². The SMILES string of the molecule is Cc1cc(C23CC4CC(CC(C4)C2)C3)ccc1O.[B]. The van der Waals surface area contributed by atoms with Gasteiger partial charge in [-0.05, 0) is 85.8 Å². The molecule has 99 valence electrons. The van der Waals surface area contributed by atoms with Crippen LogP contribution in [0.3, 0.4) is 0 Å². The van der Waals surface area contributed by atoms with Crippen LogP contribution in [0.2, 0.25) is 0 Å². The van der Waals surface area contributed by atoms with Gasteiger partial charge in [0.2, 0.25) is 0 Å². The molecule has 0 saturated heterocycles. The van der Waals surface area contributed by atoms with Gasteiger partial charge in [-0.3, -0.25) is 0 Å². The smallest absolute Gasteiger partial charge is 0.118 e. The van der Waals surface area contributed by atoms with Crippen LogP contribution in [0.25, 0.3) is 0 Å². The lowest BCUT2D eigenvalue weighted by molar-refractivity contribution is -0.00522. The normalized spacial score (nSPS) is 39.1. The molecule has 4 saturated carbocycles. The molecule has 1 nitrogen and oxygen atoms in total. The average molecular weight is 253 g/mol. The van der Waals surface area contributed by atoms with Crippen LogP contribution in [0, 0.1) is 24.7 Å². The maximum absolute atomic E-state index is 9.73. The monoisotopic (exact) mass is 253 g/mol. The highest BCUT2D eigenvalue weighted by atomic mass is 16.3. The van der Waals surface area contributed by atoms with Crippen molar-refractivity contribution in [1.82, 2.24) is 0 Å². The van der Waals surface area contributed by atoms with E-state index in [1.54, 1.807) is 0 Å². The second-order valence-electron chi connectivity index (χ2n) is 7.20. The topological polar surface area (TPSA) is 20.2 Å². The maximum Gasteiger partial charge on any atom is 0.118 e. The molecule has 0 aromatic heterocycles. The van der Waals surface area contributed by atoms with Crippen LogP contribution in [0.15, 0.2) is 18.2 Å². The van der Waals surface area contributed by atoms with E-state index >= 15 is 0 Å². The van der Waals surface area contributed by atoms with Crippen molar-refractivity contribution in [1.29, 1.82) is 0 Å². The zero-order chi connectivity index (χ0) is 12.3. The van der Waals surface area contributed by atoms with Crippen LogP contribution in [-0.2, 0) is 5.41 Å². The third-order valence-electron chi connectivity index (χ3n) is 5.85. The van der Waals surface area contributed by atoms with Crippen molar-refractivity contribution in [3.05, 3.63) is 29.3 Å². The molecule has 1 N–H and O–H groups in total. The number of phenols is 1. The molecule has 1 aromatic rings. The van der Waals surface area contributed by atoms with Crippen LogP contribution in [-0.4, -0.2) is 13.5 Å². The van der Waals surface area contributed by atoms with Crippen molar-refractivity contribution in [3.8, 4) is 5.75 Å². The number of aromatic hydroxyl groups is 1. The summed E-state index contributed by atoms with van der Waals surface area (Å²) in [5.41, 5.74) is 3.02. The van der Waals surface area contributed by atoms with E-state index in [9.17, 15) is 5.11 Å². The molecule has 0 atom stereocenters. The van der Waals surface area contributed by atoms with Crippen LogP contribution in [0.5, 0.6) is 5.75 Å². The molecule has 0 spiro atoms. The first kappa shape index (κ1) is 13.1. The van der Waals surface area contributed by atoms with Crippen molar-refractivity contribution >= 4 is 8.41 Å². The molecule has 0 unspecified atom stereocenters. The Labute approximate surface area is 118 Å². The van der Waals surface area contributed by atoms with E-state index in [4.69, 9.17) is 0 Å². The molecule has 19 heavy (non-hydrogen) atoms. The molecule has 4 fully saturated rings. The number of rotatable bonds is 1.